The van der Waals surface area contributed by atoms with E-state index in [1.165, 1.54) is 6.07 Å². The average molecular weight is 225 g/mol. The Morgan fingerprint density at radius 3 is 2.56 bits per heavy atom. The molecule has 0 aliphatic carbocycles. The van der Waals surface area contributed by atoms with Gasteiger partial charge >= 0.3 is 29.6 Å². The smallest absolute Gasteiger partial charge is 0.545 e. The van der Waals surface area contributed by atoms with Gasteiger partial charge < -0.3 is 20.7 Å². The third kappa shape index (κ3) is 2.14. The fraction of sp³-hybridized carbons (Fsp3) is 0. The third-order valence-corrected chi connectivity index (χ3v) is 2.23. The quantitative estimate of drug-likeness (QED) is 0.415. The van der Waals surface area contributed by atoms with Crippen LogP contribution in [0.5, 0.6) is 5.75 Å². The number of anilines is 1. The second-order valence-corrected chi connectivity index (χ2v) is 3.23. The number of carbonyl (C=O) groups excluding carboxylic acids is 1. The van der Waals surface area contributed by atoms with Gasteiger partial charge in [-0.2, -0.15) is 0 Å². The van der Waals surface area contributed by atoms with Crippen LogP contribution in [0, 0.1) is 0 Å². The molecule has 3 N–H and O–H groups in total. The molecule has 0 heterocycles. The maximum absolute atomic E-state index is 10.8. The van der Waals surface area contributed by atoms with Crippen molar-refractivity contribution in [1.29, 1.82) is 0 Å². The van der Waals surface area contributed by atoms with Crippen LogP contribution in [0.15, 0.2) is 30.3 Å². The van der Waals surface area contributed by atoms with E-state index in [4.69, 9.17) is 5.73 Å². The van der Waals surface area contributed by atoms with Crippen LogP contribution in [-0.4, -0.2) is 11.1 Å². The molecule has 0 saturated carbocycles. The molecular weight excluding hydrogens is 217 g/mol. The monoisotopic (exact) mass is 225 g/mol. The topological polar surface area (TPSA) is 86.4 Å². The molecule has 16 heavy (non-hydrogen) atoms. The van der Waals surface area contributed by atoms with Crippen LogP contribution < -0.4 is 40.4 Å². The molecule has 0 aromatic heterocycles. The van der Waals surface area contributed by atoms with Crippen molar-refractivity contribution in [3.8, 4) is 5.75 Å². The van der Waals surface area contributed by atoms with Crippen LogP contribution in [0.1, 0.15) is 10.4 Å². The Morgan fingerprint density at radius 2 is 1.94 bits per heavy atom. The van der Waals surface area contributed by atoms with Crippen molar-refractivity contribution in [3.05, 3.63) is 35.9 Å². The van der Waals surface area contributed by atoms with Gasteiger partial charge in [0.15, 0.2) is 0 Å². The Labute approximate surface area is 114 Å². The molecule has 5 heteroatoms. The Kier molecular flexibility index (Phi) is 3.80. The van der Waals surface area contributed by atoms with Crippen molar-refractivity contribution in [3.63, 3.8) is 0 Å². The molecule has 76 valence electrons. The minimum absolute atomic E-state index is 0. The summed E-state index contributed by atoms with van der Waals surface area (Å²) in [6, 6.07) is 7.69. The fourth-order valence-corrected chi connectivity index (χ4v) is 1.55. The molecule has 2 rings (SSSR count). The number of phenols is 1. The van der Waals surface area contributed by atoms with Gasteiger partial charge in [-0.25, -0.2) is 0 Å². The van der Waals surface area contributed by atoms with Crippen molar-refractivity contribution in [2.24, 2.45) is 0 Å². The van der Waals surface area contributed by atoms with Gasteiger partial charge in [-0.1, -0.05) is 12.1 Å². The van der Waals surface area contributed by atoms with Crippen molar-refractivity contribution in [2.45, 2.75) is 0 Å². The van der Waals surface area contributed by atoms with Gasteiger partial charge in [0, 0.05) is 11.3 Å². The number of nitrogens with two attached hydrogens (primary N) is 1. The Hall–Kier alpha value is -1.23. The number of hydrogen-bond donors (Lipinski definition) is 2. The minimum Gasteiger partial charge on any atom is -0.545 e. The first-order valence-electron chi connectivity index (χ1n) is 4.32. The molecule has 0 saturated heterocycles. The van der Waals surface area contributed by atoms with Gasteiger partial charge in [-0.3, -0.25) is 0 Å². The fourth-order valence-electron chi connectivity index (χ4n) is 1.55. The van der Waals surface area contributed by atoms with Gasteiger partial charge in [-0.05, 0) is 29.0 Å². The van der Waals surface area contributed by atoms with Crippen LogP contribution in [-0.2, 0) is 0 Å². The summed E-state index contributed by atoms with van der Waals surface area (Å²) in [4.78, 5) is 10.8. The number of rotatable bonds is 1. The summed E-state index contributed by atoms with van der Waals surface area (Å²) < 4.78 is 0. The maximum Gasteiger partial charge on any atom is 1.00 e. The second-order valence-electron chi connectivity index (χ2n) is 3.23. The zero-order chi connectivity index (χ0) is 11.0. The van der Waals surface area contributed by atoms with E-state index >= 15 is 0 Å². The number of benzene rings is 2. The molecule has 0 unspecified atom stereocenters. The molecule has 2 aromatic carbocycles. The molecule has 0 bridgehead atoms. The van der Waals surface area contributed by atoms with E-state index in [2.05, 4.69) is 0 Å². The first-order valence-corrected chi connectivity index (χ1v) is 4.32. The Morgan fingerprint density at radius 1 is 1.25 bits per heavy atom. The average Bonchev–Trinajstić information content (AvgIpc) is 2.17. The molecule has 0 aliphatic rings. The van der Waals surface area contributed by atoms with Gasteiger partial charge in [0.25, 0.3) is 0 Å². The summed E-state index contributed by atoms with van der Waals surface area (Å²) in [6.07, 6.45) is 0. The zero-order valence-electron chi connectivity index (χ0n) is 8.73. The van der Waals surface area contributed by atoms with E-state index in [0.29, 0.717) is 16.5 Å². The van der Waals surface area contributed by atoms with Crippen molar-refractivity contribution in [1.82, 2.24) is 0 Å². The first kappa shape index (κ1) is 12.8. The van der Waals surface area contributed by atoms with Crippen molar-refractivity contribution < 1.29 is 44.6 Å². The molecule has 0 radical (unpaired) electrons. The Bertz CT molecular complexity index is 554. The second kappa shape index (κ2) is 4.74. The molecule has 0 spiro atoms. The van der Waals surface area contributed by atoms with Crippen LogP contribution in [0.2, 0.25) is 0 Å². The molecule has 4 nitrogen and oxygen atoms in total. The molecule has 0 fully saturated rings. The Balaban J connectivity index is 0.00000128. The molecule has 2 aromatic rings. The number of carboxylic acid groups (broad SMARTS) is 1. The SMILES string of the molecule is Nc1ccc2c(C(=O)[O-])c(O)ccc2c1.[Na+]. The standard InChI is InChI=1S/C11H9NO3.Na/c12-7-2-3-8-6(5-7)1-4-9(13)10(8)11(14)15;/h1-5,13H,12H2,(H,14,15);/q;+1/p-1. The number of nitrogen functional groups attached to an aromatic ring is 1. The first-order chi connectivity index (χ1) is 7.09. The summed E-state index contributed by atoms with van der Waals surface area (Å²) >= 11 is 0. The van der Waals surface area contributed by atoms with E-state index in [-0.39, 0.29) is 40.9 Å². The van der Waals surface area contributed by atoms with E-state index in [9.17, 15) is 15.0 Å². The zero-order valence-corrected chi connectivity index (χ0v) is 10.7. The molecule has 0 amide bonds. The van der Waals surface area contributed by atoms with Gasteiger partial charge in [0.05, 0.1) is 5.97 Å². The molecule has 0 aliphatic heterocycles. The number of carboxylic acids is 1. The summed E-state index contributed by atoms with van der Waals surface area (Å²) in [5.74, 6) is -1.70. The predicted octanol–water partition coefficient (Wildman–Crippen LogP) is -2.50. The number of carbonyl (C=O) groups is 1. The number of fused-ring (bicyclic) bond motifs is 1. The molecular formula is C11H8NNaO3. The maximum atomic E-state index is 10.8. The summed E-state index contributed by atoms with van der Waals surface area (Å²) in [6.45, 7) is 0. The van der Waals surface area contributed by atoms with E-state index in [0.717, 1.165) is 0 Å². The largest absolute Gasteiger partial charge is 1.00 e. The third-order valence-electron chi connectivity index (χ3n) is 2.23. The van der Waals surface area contributed by atoms with E-state index in [1.807, 2.05) is 0 Å². The van der Waals surface area contributed by atoms with E-state index < -0.39 is 5.97 Å². The number of aromatic carboxylic acids is 1. The van der Waals surface area contributed by atoms with Crippen molar-refractivity contribution >= 4 is 22.4 Å². The van der Waals surface area contributed by atoms with Crippen molar-refractivity contribution in [2.75, 3.05) is 5.73 Å². The summed E-state index contributed by atoms with van der Waals surface area (Å²) in [5, 5.41) is 21.3. The van der Waals surface area contributed by atoms with Gasteiger partial charge in [0.1, 0.15) is 5.75 Å². The van der Waals surface area contributed by atoms with Crippen LogP contribution in [0.4, 0.5) is 5.69 Å². The minimum atomic E-state index is -1.40. The van der Waals surface area contributed by atoms with Gasteiger partial charge in [0.2, 0.25) is 0 Å². The summed E-state index contributed by atoms with van der Waals surface area (Å²) in [5.41, 5.74) is 5.90. The van der Waals surface area contributed by atoms with Crippen LogP contribution >= 0.6 is 0 Å². The van der Waals surface area contributed by atoms with Crippen LogP contribution in [0.25, 0.3) is 10.8 Å². The van der Waals surface area contributed by atoms with Crippen LogP contribution in [0.3, 0.4) is 0 Å². The normalized spacial score (nSPS) is 9.75. The molecule has 0 atom stereocenters. The number of aromatic hydroxyl groups is 1. The number of hydrogen-bond acceptors (Lipinski definition) is 4. The summed E-state index contributed by atoms with van der Waals surface area (Å²) in [7, 11) is 0. The van der Waals surface area contributed by atoms with Gasteiger partial charge in [-0.15, -0.1) is 0 Å². The predicted molar refractivity (Wildman–Crippen MR) is 54.4 cm³/mol. The van der Waals surface area contributed by atoms with E-state index in [1.54, 1.807) is 24.3 Å².